The third-order valence-corrected chi connectivity index (χ3v) is 5.21. The van der Waals surface area contributed by atoms with Crippen molar-refractivity contribution in [2.45, 2.75) is 32.9 Å². The van der Waals surface area contributed by atoms with E-state index < -0.39 is 0 Å². The lowest BCUT2D eigenvalue weighted by Crippen LogP contribution is -2.38. The van der Waals surface area contributed by atoms with Crippen molar-refractivity contribution in [2.24, 2.45) is 0 Å². The van der Waals surface area contributed by atoms with Crippen LogP contribution in [-0.4, -0.2) is 54.3 Å². The van der Waals surface area contributed by atoms with Crippen LogP contribution in [-0.2, 0) is 13.0 Å². The Labute approximate surface area is 160 Å². The zero-order chi connectivity index (χ0) is 19.2. The minimum absolute atomic E-state index is 0.0759. The average Bonchev–Trinajstić information content (AvgIpc) is 3.15. The van der Waals surface area contributed by atoms with Crippen molar-refractivity contribution in [1.29, 1.82) is 0 Å². The van der Waals surface area contributed by atoms with Crippen molar-refractivity contribution in [3.05, 3.63) is 46.8 Å². The van der Waals surface area contributed by atoms with Gasteiger partial charge in [-0.2, -0.15) is 5.10 Å². The summed E-state index contributed by atoms with van der Waals surface area (Å²) in [5.41, 5.74) is 3.68. The predicted octanol–water partition coefficient (Wildman–Crippen LogP) is 1.88. The number of hydrogen-bond donors (Lipinski definition) is 3. The first-order chi connectivity index (χ1) is 13.2. The first-order valence-corrected chi connectivity index (χ1v) is 9.60. The molecule has 1 atom stereocenters. The van der Waals surface area contributed by atoms with Crippen LogP contribution in [0, 0.1) is 0 Å². The Hall–Kier alpha value is -2.38. The first kappa shape index (κ1) is 19.4. The normalized spacial score (nSPS) is 14.7. The van der Waals surface area contributed by atoms with Crippen LogP contribution in [0.25, 0.3) is 0 Å². The number of likely N-dealkylation sites (N-methyl/N-ethyl adjacent to an activating group) is 1. The molecule has 0 saturated heterocycles. The van der Waals surface area contributed by atoms with Crippen molar-refractivity contribution in [2.75, 3.05) is 33.3 Å². The molecule has 0 saturated carbocycles. The summed E-state index contributed by atoms with van der Waals surface area (Å²) in [7, 11) is 1.67. The molecule has 0 spiro atoms. The van der Waals surface area contributed by atoms with Crippen molar-refractivity contribution in [3.8, 4) is 5.75 Å². The number of H-pyrrole nitrogens is 1. The smallest absolute Gasteiger partial charge is 0.272 e. The molecule has 3 rings (SSSR count). The highest BCUT2D eigenvalue weighted by atomic mass is 16.5. The Morgan fingerprint density at radius 2 is 2.19 bits per heavy atom. The molecule has 3 N–H and O–H groups in total. The standard InChI is InChI=1S/C20H29N5O2/c1-4-25(5-2)18(14-7-6-8-15(11-14)27-3)13-22-20(26)19-16-12-21-10-9-17(16)23-24-19/h6-8,11,18,21H,4-5,9-10,12-13H2,1-3H3,(H,22,26)(H,23,24). The Balaban J connectivity index is 1.76. The molecule has 0 aliphatic carbocycles. The number of nitrogens with one attached hydrogen (secondary N) is 3. The van der Waals surface area contributed by atoms with Crippen LogP contribution in [0.1, 0.15) is 47.2 Å². The minimum atomic E-state index is -0.128. The van der Waals surface area contributed by atoms with Crippen molar-refractivity contribution in [1.82, 2.24) is 25.7 Å². The lowest BCUT2D eigenvalue weighted by atomic mass is 10.0. The number of hydrogen-bond acceptors (Lipinski definition) is 5. The molecule has 27 heavy (non-hydrogen) atoms. The third kappa shape index (κ3) is 4.31. The number of aromatic nitrogens is 2. The van der Waals surface area contributed by atoms with E-state index in [0.717, 1.165) is 48.6 Å². The van der Waals surface area contributed by atoms with Crippen molar-refractivity contribution < 1.29 is 9.53 Å². The Morgan fingerprint density at radius 1 is 1.37 bits per heavy atom. The van der Waals surface area contributed by atoms with Crippen molar-refractivity contribution >= 4 is 5.91 Å². The topological polar surface area (TPSA) is 82.3 Å². The van der Waals surface area contributed by atoms with Crippen LogP contribution in [0.4, 0.5) is 0 Å². The summed E-state index contributed by atoms with van der Waals surface area (Å²) in [5, 5.41) is 13.6. The Bertz CT molecular complexity index is 769. The van der Waals surface area contributed by atoms with Gasteiger partial charge in [0.2, 0.25) is 0 Å². The molecule has 1 amide bonds. The average molecular weight is 371 g/mol. The number of amides is 1. The molecule has 2 heterocycles. The Morgan fingerprint density at radius 3 is 2.93 bits per heavy atom. The maximum atomic E-state index is 12.8. The summed E-state index contributed by atoms with van der Waals surface area (Å²) in [6.45, 7) is 8.18. The van der Waals surface area contributed by atoms with Gasteiger partial charge >= 0.3 is 0 Å². The van der Waals surface area contributed by atoms with E-state index in [4.69, 9.17) is 4.74 Å². The summed E-state index contributed by atoms with van der Waals surface area (Å²) in [6.07, 6.45) is 0.876. The second kappa shape index (κ2) is 9.01. The van der Waals surface area contributed by atoms with Gasteiger partial charge in [0.05, 0.1) is 13.2 Å². The lowest BCUT2D eigenvalue weighted by Gasteiger charge is -2.30. The van der Waals surface area contributed by atoms with Crippen molar-refractivity contribution in [3.63, 3.8) is 0 Å². The molecular weight excluding hydrogens is 342 g/mol. The van der Waals surface area contributed by atoms with E-state index in [2.05, 4.69) is 45.6 Å². The molecule has 0 fully saturated rings. The van der Waals surface area contributed by atoms with Crippen LogP contribution in [0.2, 0.25) is 0 Å². The number of rotatable bonds is 8. The lowest BCUT2D eigenvalue weighted by molar-refractivity contribution is 0.0928. The van der Waals surface area contributed by atoms with Gasteiger partial charge in [-0.15, -0.1) is 0 Å². The third-order valence-electron chi connectivity index (χ3n) is 5.21. The number of aromatic amines is 1. The SMILES string of the molecule is CCN(CC)C(CNC(=O)c1n[nH]c2c1CNCC2)c1cccc(OC)c1. The van der Waals surface area contributed by atoms with Gasteiger partial charge in [-0.3, -0.25) is 14.8 Å². The summed E-state index contributed by atoms with van der Waals surface area (Å²) in [5.74, 6) is 0.694. The molecule has 1 aliphatic heterocycles. The maximum Gasteiger partial charge on any atom is 0.272 e. The summed E-state index contributed by atoms with van der Waals surface area (Å²) in [4.78, 5) is 15.1. The van der Waals surface area contributed by atoms with E-state index in [1.807, 2.05) is 18.2 Å². The number of methoxy groups -OCH3 is 1. The zero-order valence-corrected chi connectivity index (χ0v) is 16.3. The highest BCUT2D eigenvalue weighted by Crippen LogP contribution is 2.24. The first-order valence-electron chi connectivity index (χ1n) is 9.60. The number of carbonyl (C=O) groups is 1. The fourth-order valence-electron chi connectivity index (χ4n) is 3.66. The largest absolute Gasteiger partial charge is 0.497 e. The number of ether oxygens (including phenoxy) is 1. The molecular formula is C20H29N5O2. The highest BCUT2D eigenvalue weighted by Gasteiger charge is 2.24. The molecule has 7 nitrogen and oxygen atoms in total. The van der Waals surface area contributed by atoms with Gasteiger partial charge in [-0.25, -0.2) is 0 Å². The van der Waals surface area contributed by atoms with Crippen LogP contribution < -0.4 is 15.4 Å². The summed E-state index contributed by atoms with van der Waals surface area (Å²) < 4.78 is 5.37. The molecule has 2 aromatic rings. The van der Waals surface area contributed by atoms with E-state index in [-0.39, 0.29) is 11.9 Å². The summed E-state index contributed by atoms with van der Waals surface area (Å²) in [6, 6.07) is 8.12. The predicted molar refractivity (Wildman–Crippen MR) is 105 cm³/mol. The van der Waals surface area contributed by atoms with Crippen LogP contribution >= 0.6 is 0 Å². The van der Waals surface area contributed by atoms with Gasteiger partial charge in [0.15, 0.2) is 5.69 Å². The monoisotopic (exact) mass is 371 g/mol. The number of nitrogens with zero attached hydrogens (tertiary/aromatic N) is 2. The fraction of sp³-hybridized carbons (Fsp3) is 0.500. The number of fused-ring (bicyclic) bond motifs is 1. The molecule has 1 unspecified atom stereocenters. The molecule has 0 bridgehead atoms. The maximum absolute atomic E-state index is 12.8. The van der Waals surface area contributed by atoms with E-state index >= 15 is 0 Å². The second-order valence-corrected chi connectivity index (χ2v) is 6.68. The summed E-state index contributed by atoms with van der Waals surface area (Å²) >= 11 is 0. The van der Waals surface area contributed by atoms with Gasteiger partial charge in [-0.1, -0.05) is 26.0 Å². The van der Waals surface area contributed by atoms with Crippen LogP contribution in [0.15, 0.2) is 24.3 Å². The Kier molecular flexibility index (Phi) is 6.47. The van der Waals surface area contributed by atoms with E-state index in [1.54, 1.807) is 7.11 Å². The van der Waals surface area contributed by atoms with Crippen LogP contribution in [0.5, 0.6) is 5.75 Å². The van der Waals surface area contributed by atoms with Gasteiger partial charge in [0.25, 0.3) is 5.91 Å². The molecule has 1 aromatic carbocycles. The van der Waals surface area contributed by atoms with E-state index in [9.17, 15) is 4.79 Å². The quantitative estimate of drug-likeness (QED) is 0.660. The number of benzene rings is 1. The molecule has 1 aromatic heterocycles. The van der Waals surface area contributed by atoms with Crippen LogP contribution in [0.3, 0.4) is 0 Å². The number of carbonyl (C=O) groups excluding carboxylic acids is 1. The molecule has 146 valence electrons. The fourth-order valence-corrected chi connectivity index (χ4v) is 3.66. The van der Waals surface area contributed by atoms with Gasteiger partial charge < -0.3 is 15.4 Å². The van der Waals surface area contributed by atoms with Gasteiger partial charge in [0, 0.05) is 37.3 Å². The van der Waals surface area contributed by atoms with E-state index in [1.165, 1.54) is 0 Å². The highest BCUT2D eigenvalue weighted by molar-refractivity contribution is 5.94. The zero-order valence-electron chi connectivity index (χ0n) is 16.3. The molecule has 1 aliphatic rings. The molecule has 0 radical (unpaired) electrons. The van der Waals surface area contributed by atoms with E-state index in [0.29, 0.717) is 18.8 Å². The van der Waals surface area contributed by atoms with Gasteiger partial charge in [0.1, 0.15) is 5.75 Å². The minimum Gasteiger partial charge on any atom is -0.497 e. The second-order valence-electron chi connectivity index (χ2n) is 6.68. The molecule has 7 heteroatoms. The van der Waals surface area contributed by atoms with Gasteiger partial charge in [-0.05, 0) is 30.8 Å².